The summed E-state index contributed by atoms with van der Waals surface area (Å²) in [6, 6.07) is 10.5. The highest BCUT2D eigenvalue weighted by molar-refractivity contribution is 14.1. The van der Waals surface area contributed by atoms with Crippen molar-refractivity contribution < 1.29 is 12.8 Å². The first kappa shape index (κ1) is 25.8. The molecule has 0 aliphatic rings. The van der Waals surface area contributed by atoms with E-state index >= 15 is 0 Å². The van der Waals surface area contributed by atoms with Crippen LogP contribution in [0.2, 0.25) is 0 Å². The fraction of sp³-hybridized carbons (Fsp3) is 0.174. The second kappa shape index (κ2) is 9.29. The van der Waals surface area contributed by atoms with Crippen LogP contribution in [-0.2, 0) is 29.9 Å². The number of hydrogen-bond acceptors (Lipinski definition) is 6. The summed E-state index contributed by atoms with van der Waals surface area (Å²) in [4.78, 5) is 39.8. The van der Waals surface area contributed by atoms with Crippen LogP contribution in [0.25, 0.3) is 16.6 Å². The summed E-state index contributed by atoms with van der Waals surface area (Å²) >= 11 is 1.96. The molecule has 2 aromatic carbocycles. The van der Waals surface area contributed by atoms with Crippen LogP contribution < -0.4 is 27.3 Å². The molecule has 10 nitrogen and oxygen atoms in total. The van der Waals surface area contributed by atoms with Crippen molar-refractivity contribution in [2.45, 2.75) is 12.7 Å². The molecule has 0 bridgehead atoms. The summed E-state index contributed by atoms with van der Waals surface area (Å²) in [6.45, 7) is 1.48. The molecule has 0 aliphatic carbocycles. The smallest absolute Gasteiger partial charge is 0.335 e. The number of sulfonamides is 1. The lowest BCUT2D eigenvalue weighted by atomic mass is 10.1. The number of nitrogens with two attached hydrogens (primary N) is 1. The van der Waals surface area contributed by atoms with Crippen LogP contribution in [0.5, 0.6) is 0 Å². The van der Waals surface area contributed by atoms with Crippen molar-refractivity contribution in [2.75, 3.05) is 5.32 Å². The molecule has 0 amide bonds. The van der Waals surface area contributed by atoms with Crippen LogP contribution in [0.3, 0.4) is 0 Å². The molecule has 0 spiro atoms. The highest BCUT2D eigenvalue weighted by Gasteiger charge is 2.23. The predicted octanol–water partition coefficient (Wildman–Crippen LogP) is 1.97. The minimum absolute atomic E-state index is 0.00394. The minimum atomic E-state index is -3.85. The van der Waals surface area contributed by atoms with Crippen LogP contribution >= 0.6 is 22.6 Å². The average molecular weight is 625 g/mol. The topological polar surface area (TPSA) is 138 Å². The van der Waals surface area contributed by atoms with E-state index in [-0.39, 0.29) is 33.7 Å². The fourth-order valence-corrected chi connectivity index (χ4v) is 5.12. The van der Waals surface area contributed by atoms with Crippen molar-refractivity contribution in [1.82, 2.24) is 13.7 Å². The van der Waals surface area contributed by atoms with Gasteiger partial charge in [0.15, 0.2) is 0 Å². The van der Waals surface area contributed by atoms with Crippen molar-refractivity contribution >= 4 is 55.0 Å². The molecule has 0 aliphatic heterocycles. The van der Waals surface area contributed by atoms with Gasteiger partial charge in [-0.05, 0) is 65.4 Å². The molecule has 2 heterocycles. The Morgan fingerprint density at radius 1 is 1.03 bits per heavy atom. The van der Waals surface area contributed by atoms with Gasteiger partial charge in [-0.2, -0.15) is 0 Å². The molecule has 4 rings (SSSR count). The monoisotopic (exact) mass is 625 g/mol. The van der Waals surface area contributed by atoms with Gasteiger partial charge < -0.3 is 5.32 Å². The maximum Gasteiger partial charge on any atom is 0.335 e. The number of hydrogen-bond donors (Lipinski definition) is 2. The molecule has 0 atom stereocenters. The Hall–Kier alpha value is -3.30. The van der Waals surface area contributed by atoms with E-state index in [1.807, 2.05) is 22.6 Å². The summed E-state index contributed by atoms with van der Waals surface area (Å²) in [7, 11) is -1.14. The first-order valence-corrected chi connectivity index (χ1v) is 13.3. The zero-order valence-corrected chi connectivity index (χ0v) is 22.3. The summed E-state index contributed by atoms with van der Waals surface area (Å²) in [6.07, 6.45) is 0. The van der Waals surface area contributed by atoms with Gasteiger partial charge in [-0.3, -0.25) is 23.3 Å². The van der Waals surface area contributed by atoms with Crippen molar-refractivity contribution in [3.8, 4) is 5.69 Å². The standard InChI is InChI=1S/C23H21FIN5O5S/c1-12-19-18(20(28(2)21(12)31)27-17-8-7-14(25)10-16(17)24)22(32)29(3)23(33)30(19)15-6-4-5-13(9-15)11-36(26,34)35/h4-10,27H,11H2,1-3H3,(H2,26,34,35). The van der Waals surface area contributed by atoms with E-state index in [1.165, 1.54) is 55.9 Å². The largest absolute Gasteiger partial charge is 0.338 e. The SMILES string of the molecule is Cc1c(=O)n(C)c(Nc2ccc(I)cc2F)c2c(=O)n(C)c(=O)n(-c3cccc(CS(N)(=O)=O)c3)c12. The molecule has 0 radical (unpaired) electrons. The van der Waals surface area contributed by atoms with Gasteiger partial charge in [0.2, 0.25) is 10.0 Å². The summed E-state index contributed by atoms with van der Waals surface area (Å²) in [5, 5.41) is 8.00. The Bertz CT molecular complexity index is 1840. The van der Waals surface area contributed by atoms with E-state index in [0.717, 1.165) is 9.13 Å². The van der Waals surface area contributed by atoms with Crippen LogP contribution in [0, 0.1) is 16.3 Å². The second-order valence-corrected chi connectivity index (χ2v) is 11.1. The van der Waals surface area contributed by atoms with Crippen molar-refractivity contribution in [3.05, 3.63) is 94.2 Å². The van der Waals surface area contributed by atoms with Crippen LogP contribution in [0.4, 0.5) is 15.9 Å². The van der Waals surface area contributed by atoms with Gasteiger partial charge in [0.25, 0.3) is 11.1 Å². The first-order valence-electron chi connectivity index (χ1n) is 10.5. The molecule has 0 unspecified atom stereocenters. The minimum Gasteiger partial charge on any atom is -0.338 e. The number of fused-ring (bicyclic) bond motifs is 1. The number of nitrogens with one attached hydrogen (secondary N) is 1. The van der Waals surface area contributed by atoms with Gasteiger partial charge in [0, 0.05) is 23.2 Å². The van der Waals surface area contributed by atoms with E-state index < -0.39 is 38.4 Å². The Kier molecular flexibility index (Phi) is 6.66. The number of halogens is 2. The third-order valence-electron chi connectivity index (χ3n) is 5.73. The Morgan fingerprint density at radius 2 is 1.72 bits per heavy atom. The third kappa shape index (κ3) is 4.60. The Balaban J connectivity index is 2.12. The molecule has 0 saturated carbocycles. The summed E-state index contributed by atoms with van der Waals surface area (Å²) in [5.41, 5.74) is -1.26. The molecular formula is C23H21FIN5O5S. The van der Waals surface area contributed by atoms with Crippen LogP contribution in [0.1, 0.15) is 11.1 Å². The molecule has 4 aromatic rings. The van der Waals surface area contributed by atoms with Crippen LogP contribution in [-0.4, -0.2) is 22.1 Å². The maximum atomic E-state index is 14.7. The molecule has 13 heteroatoms. The quantitative estimate of drug-likeness (QED) is 0.326. The summed E-state index contributed by atoms with van der Waals surface area (Å²) < 4.78 is 41.8. The number of primary sulfonamides is 1. The highest BCUT2D eigenvalue weighted by Crippen LogP contribution is 2.27. The van der Waals surface area contributed by atoms with E-state index in [0.29, 0.717) is 9.13 Å². The van der Waals surface area contributed by atoms with Crippen molar-refractivity contribution in [3.63, 3.8) is 0 Å². The van der Waals surface area contributed by atoms with E-state index in [1.54, 1.807) is 12.1 Å². The lowest BCUT2D eigenvalue weighted by Gasteiger charge is -2.20. The average Bonchev–Trinajstić information content (AvgIpc) is 2.79. The molecule has 2 aromatic heterocycles. The summed E-state index contributed by atoms with van der Waals surface area (Å²) in [5.74, 6) is -1.07. The Labute approximate surface area is 218 Å². The third-order valence-corrected chi connectivity index (χ3v) is 7.14. The lowest BCUT2D eigenvalue weighted by molar-refractivity contribution is 0.597. The predicted molar refractivity (Wildman–Crippen MR) is 144 cm³/mol. The van der Waals surface area contributed by atoms with Gasteiger partial charge in [-0.25, -0.2) is 22.7 Å². The van der Waals surface area contributed by atoms with Gasteiger partial charge >= 0.3 is 5.69 Å². The maximum absolute atomic E-state index is 14.7. The highest BCUT2D eigenvalue weighted by atomic mass is 127. The van der Waals surface area contributed by atoms with Crippen LogP contribution in [0.15, 0.2) is 56.8 Å². The van der Waals surface area contributed by atoms with Gasteiger partial charge in [0.1, 0.15) is 17.0 Å². The fourth-order valence-electron chi connectivity index (χ4n) is 4.03. The zero-order valence-electron chi connectivity index (χ0n) is 19.4. The Morgan fingerprint density at radius 3 is 2.36 bits per heavy atom. The number of aryl methyl sites for hydroxylation is 1. The first-order chi connectivity index (χ1) is 16.8. The van der Waals surface area contributed by atoms with E-state index in [9.17, 15) is 27.2 Å². The molecule has 188 valence electrons. The molecule has 0 fully saturated rings. The second-order valence-electron chi connectivity index (χ2n) is 8.27. The van der Waals surface area contributed by atoms with E-state index in [2.05, 4.69) is 5.32 Å². The van der Waals surface area contributed by atoms with Gasteiger partial charge in [0.05, 0.1) is 22.6 Å². The van der Waals surface area contributed by atoms with E-state index in [4.69, 9.17) is 5.14 Å². The van der Waals surface area contributed by atoms with Crippen molar-refractivity contribution in [2.24, 2.45) is 19.2 Å². The zero-order chi connectivity index (χ0) is 26.5. The lowest BCUT2D eigenvalue weighted by Crippen LogP contribution is -2.40. The number of benzene rings is 2. The molecule has 3 N–H and O–H groups in total. The number of aromatic nitrogens is 3. The number of rotatable bonds is 5. The van der Waals surface area contributed by atoms with Gasteiger partial charge in [-0.15, -0.1) is 0 Å². The molecular weight excluding hydrogens is 604 g/mol. The van der Waals surface area contributed by atoms with Gasteiger partial charge in [-0.1, -0.05) is 12.1 Å². The number of pyridine rings is 1. The normalized spacial score (nSPS) is 11.7. The number of nitrogens with zero attached hydrogens (tertiary/aromatic N) is 3. The molecule has 0 saturated heterocycles. The number of anilines is 2. The molecule has 36 heavy (non-hydrogen) atoms. The van der Waals surface area contributed by atoms with Crippen molar-refractivity contribution in [1.29, 1.82) is 0 Å².